The van der Waals surface area contributed by atoms with Gasteiger partial charge in [0.05, 0.1) is 0 Å². The van der Waals surface area contributed by atoms with Gasteiger partial charge >= 0.3 is 0 Å². The Labute approximate surface area is 181 Å². The smallest absolute Gasteiger partial charge is 0.134 e. The first-order valence-electron chi connectivity index (χ1n) is 11.5. The van der Waals surface area contributed by atoms with Gasteiger partial charge in [0.25, 0.3) is 0 Å². The second kappa shape index (κ2) is 11.6. The molecule has 0 atom stereocenters. The van der Waals surface area contributed by atoms with Crippen molar-refractivity contribution >= 4 is 10.8 Å². The Bertz CT molecular complexity index is 1000. The minimum absolute atomic E-state index is 0.0647. The second-order valence-corrected chi connectivity index (χ2v) is 8.19. The lowest BCUT2D eigenvalue weighted by molar-refractivity contribution is 0.595. The standard InChI is InChI=1S/C29H33F/c1-3-5-7-8-9-11-26-19-20-27-22-25(18-21-28(27)29(26)30)17-16-24-14-12-23(13-15-24)10-6-4-2/h12-15,18-22H,3-11H2,1-2H3. The lowest BCUT2D eigenvalue weighted by Gasteiger charge is -2.07. The SMILES string of the molecule is CCCCCCCc1ccc2cc(C#Cc3ccc(CCCC)cc3)ccc2c1F. The molecule has 1 heteroatoms. The first kappa shape index (κ1) is 22.1. The Morgan fingerprint density at radius 1 is 0.667 bits per heavy atom. The van der Waals surface area contributed by atoms with Crippen LogP contribution in [0, 0.1) is 17.7 Å². The molecule has 0 N–H and O–H groups in total. The van der Waals surface area contributed by atoms with E-state index in [-0.39, 0.29) is 5.82 Å². The highest BCUT2D eigenvalue weighted by molar-refractivity contribution is 5.85. The molecule has 30 heavy (non-hydrogen) atoms. The van der Waals surface area contributed by atoms with Crippen molar-refractivity contribution in [1.29, 1.82) is 0 Å². The first-order valence-corrected chi connectivity index (χ1v) is 11.5. The topological polar surface area (TPSA) is 0 Å². The number of hydrogen-bond acceptors (Lipinski definition) is 0. The van der Waals surface area contributed by atoms with Crippen molar-refractivity contribution in [2.45, 2.75) is 71.6 Å². The summed E-state index contributed by atoms with van der Waals surface area (Å²) in [6, 6.07) is 18.3. The van der Waals surface area contributed by atoms with E-state index < -0.39 is 0 Å². The van der Waals surface area contributed by atoms with Crippen LogP contribution in [0.1, 0.15) is 81.0 Å². The average molecular weight is 401 g/mol. The highest BCUT2D eigenvalue weighted by Crippen LogP contribution is 2.24. The van der Waals surface area contributed by atoms with E-state index in [9.17, 15) is 4.39 Å². The molecule has 0 heterocycles. The molecular weight excluding hydrogens is 367 g/mol. The summed E-state index contributed by atoms with van der Waals surface area (Å²) in [6.07, 6.45) is 10.4. The van der Waals surface area contributed by atoms with Crippen molar-refractivity contribution in [2.24, 2.45) is 0 Å². The zero-order valence-electron chi connectivity index (χ0n) is 18.4. The summed E-state index contributed by atoms with van der Waals surface area (Å²) in [7, 11) is 0. The molecule has 0 amide bonds. The molecule has 3 aromatic rings. The maximum Gasteiger partial charge on any atom is 0.134 e. The van der Waals surface area contributed by atoms with Gasteiger partial charge in [-0.1, -0.05) is 88.1 Å². The average Bonchev–Trinajstić information content (AvgIpc) is 2.78. The van der Waals surface area contributed by atoms with E-state index in [1.54, 1.807) is 0 Å². The van der Waals surface area contributed by atoms with E-state index in [4.69, 9.17) is 0 Å². The van der Waals surface area contributed by atoms with Gasteiger partial charge < -0.3 is 0 Å². The van der Waals surface area contributed by atoms with Crippen LogP contribution < -0.4 is 0 Å². The third-order valence-electron chi connectivity index (χ3n) is 5.71. The molecule has 0 radical (unpaired) electrons. The van der Waals surface area contributed by atoms with E-state index >= 15 is 0 Å². The maximum absolute atomic E-state index is 14.9. The quantitative estimate of drug-likeness (QED) is 0.251. The van der Waals surface area contributed by atoms with Crippen molar-refractivity contribution in [3.63, 3.8) is 0 Å². The number of halogens is 1. The Balaban J connectivity index is 1.69. The molecule has 0 unspecified atom stereocenters. The normalized spacial score (nSPS) is 10.8. The monoisotopic (exact) mass is 400 g/mol. The number of unbranched alkanes of at least 4 members (excludes halogenated alkanes) is 5. The highest BCUT2D eigenvalue weighted by atomic mass is 19.1. The number of benzene rings is 3. The van der Waals surface area contributed by atoms with Crippen LogP contribution in [0.3, 0.4) is 0 Å². The van der Waals surface area contributed by atoms with Gasteiger partial charge in [0.15, 0.2) is 0 Å². The lowest BCUT2D eigenvalue weighted by atomic mass is 9.99. The first-order chi connectivity index (χ1) is 14.7. The number of hydrogen-bond donors (Lipinski definition) is 0. The van der Waals surface area contributed by atoms with Crippen molar-refractivity contribution in [2.75, 3.05) is 0 Å². The Kier molecular flexibility index (Phi) is 8.52. The third-order valence-corrected chi connectivity index (χ3v) is 5.71. The predicted octanol–water partition coefficient (Wildman–Crippen LogP) is 8.23. The van der Waals surface area contributed by atoms with E-state index in [0.717, 1.165) is 41.3 Å². The minimum atomic E-state index is -0.0647. The van der Waals surface area contributed by atoms with Gasteiger partial charge in [-0.25, -0.2) is 4.39 Å². The van der Waals surface area contributed by atoms with Gasteiger partial charge in [0, 0.05) is 16.5 Å². The molecule has 0 fully saturated rings. The summed E-state index contributed by atoms with van der Waals surface area (Å²) in [5, 5.41) is 1.62. The molecule has 3 aromatic carbocycles. The zero-order chi connectivity index (χ0) is 21.2. The van der Waals surface area contributed by atoms with Crippen LogP contribution in [0.25, 0.3) is 10.8 Å². The van der Waals surface area contributed by atoms with Crippen molar-refractivity contribution in [1.82, 2.24) is 0 Å². The van der Waals surface area contributed by atoms with Crippen molar-refractivity contribution in [3.05, 3.63) is 82.7 Å². The van der Waals surface area contributed by atoms with Gasteiger partial charge in [-0.05, 0) is 66.5 Å². The Morgan fingerprint density at radius 2 is 1.37 bits per heavy atom. The molecule has 0 saturated carbocycles. The van der Waals surface area contributed by atoms with E-state index in [1.807, 2.05) is 30.3 Å². The summed E-state index contributed by atoms with van der Waals surface area (Å²) in [6.45, 7) is 4.43. The zero-order valence-corrected chi connectivity index (χ0v) is 18.4. The second-order valence-electron chi connectivity index (χ2n) is 8.19. The summed E-state index contributed by atoms with van der Waals surface area (Å²) in [5.41, 5.74) is 4.13. The van der Waals surface area contributed by atoms with E-state index in [1.165, 1.54) is 44.1 Å². The van der Waals surface area contributed by atoms with Crippen LogP contribution in [0.5, 0.6) is 0 Å². The fourth-order valence-corrected chi connectivity index (χ4v) is 3.81. The molecule has 0 spiro atoms. The molecule has 0 aliphatic rings. The van der Waals surface area contributed by atoms with E-state index in [2.05, 4.69) is 50.0 Å². The molecule has 0 aliphatic carbocycles. The molecule has 0 saturated heterocycles. The molecular formula is C29H33F. The number of rotatable bonds is 9. The fraction of sp³-hybridized carbons (Fsp3) is 0.379. The molecule has 3 rings (SSSR count). The van der Waals surface area contributed by atoms with Gasteiger partial charge in [0.2, 0.25) is 0 Å². The van der Waals surface area contributed by atoms with Crippen LogP contribution in [0.15, 0.2) is 54.6 Å². The van der Waals surface area contributed by atoms with Crippen molar-refractivity contribution in [3.8, 4) is 11.8 Å². The van der Waals surface area contributed by atoms with Gasteiger partial charge in [-0.3, -0.25) is 0 Å². The molecule has 0 aromatic heterocycles. The van der Waals surface area contributed by atoms with Gasteiger partial charge in [0.1, 0.15) is 5.82 Å². The Morgan fingerprint density at radius 3 is 2.13 bits per heavy atom. The molecule has 0 bridgehead atoms. The van der Waals surface area contributed by atoms with Gasteiger partial charge in [-0.15, -0.1) is 0 Å². The fourth-order valence-electron chi connectivity index (χ4n) is 3.81. The van der Waals surface area contributed by atoms with Crippen LogP contribution in [0.2, 0.25) is 0 Å². The van der Waals surface area contributed by atoms with Crippen LogP contribution in [-0.2, 0) is 12.8 Å². The predicted molar refractivity (Wildman–Crippen MR) is 127 cm³/mol. The summed E-state index contributed by atoms with van der Waals surface area (Å²) >= 11 is 0. The highest BCUT2D eigenvalue weighted by Gasteiger charge is 2.07. The number of fused-ring (bicyclic) bond motifs is 1. The third kappa shape index (κ3) is 6.20. The van der Waals surface area contributed by atoms with E-state index in [0.29, 0.717) is 5.39 Å². The Hall–Kier alpha value is -2.59. The molecule has 0 aliphatic heterocycles. The van der Waals surface area contributed by atoms with Crippen molar-refractivity contribution < 1.29 is 4.39 Å². The summed E-state index contributed by atoms with van der Waals surface area (Å²) < 4.78 is 14.9. The van der Waals surface area contributed by atoms with Crippen LogP contribution in [-0.4, -0.2) is 0 Å². The maximum atomic E-state index is 14.9. The summed E-state index contributed by atoms with van der Waals surface area (Å²) in [4.78, 5) is 0. The molecule has 0 nitrogen and oxygen atoms in total. The number of aryl methyl sites for hydroxylation is 2. The molecule has 156 valence electrons. The van der Waals surface area contributed by atoms with Crippen LogP contribution >= 0.6 is 0 Å². The largest absolute Gasteiger partial charge is 0.206 e. The summed E-state index contributed by atoms with van der Waals surface area (Å²) in [5.74, 6) is 6.40. The minimum Gasteiger partial charge on any atom is -0.206 e. The van der Waals surface area contributed by atoms with Crippen LogP contribution in [0.4, 0.5) is 4.39 Å². The lowest BCUT2D eigenvalue weighted by Crippen LogP contribution is -1.93. The van der Waals surface area contributed by atoms with Gasteiger partial charge in [-0.2, -0.15) is 0 Å².